The molecule has 0 aliphatic heterocycles. The van der Waals surface area contributed by atoms with Crippen molar-refractivity contribution in [3.63, 3.8) is 0 Å². The van der Waals surface area contributed by atoms with Crippen molar-refractivity contribution >= 4 is 5.78 Å². The third-order valence-corrected chi connectivity index (χ3v) is 3.38. The molecule has 0 heterocycles. The smallest absolute Gasteiger partial charge is 0.136 e. The number of nitrogens with zero attached hydrogens (tertiary/aromatic N) is 1. The van der Waals surface area contributed by atoms with Gasteiger partial charge in [-0.1, -0.05) is 37.3 Å². The van der Waals surface area contributed by atoms with E-state index in [-0.39, 0.29) is 11.7 Å². The van der Waals surface area contributed by atoms with Crippen molar-refractivity contribution in [2.75, 3.05) is 0 Å². The van der Waals surface area contributed by atoms with Crippen LogP contribution in [0.2, 0.25) is 0 Å². The molecule has 2 nitrogen and oxygen atoms in total. The first kappa shape index (κ1) is 9.92. The van der Waals surface area contributed by atoms with Crippen LogP contribution in [-0.2, 0) is 4.79 Å². The van der Waals surface area contributed by atoms with E-state index in [1.165, 1.54) is 0 Å². The highest BCUT2D eigenvalue weighted by atomic mass is 16.1. The van der Waals surface area contributed by atoms with Crippen LogP contribution in [0, 0.1) is 16.7 Å². The minimum atomic E-state index is -0.446. The highest BCUT2D eigenvalue weighted by Crippen LogP contribution is 2.48. The molecule has 0 radical (unpaired) electrons. The van der Waals surface area contributed by atoms with Gasteiger partial charge < -0.3 is 0 Å². The van der Waals surface area contributed by atoms with E-state index in [0.29, 0.717) is 12.8 Å². The summed E-state index contributed by atoms with van der Waals surface area (Å²) in [5, 5.41) is 9.18. The lowest BCUT2D eigenvalue weighted by Gasteiger charge is -2.39. The monoisotopic (exact) mass is 199 g/mol. The van der Waals surface area contributed by atoms with E-state index in [0.717, 1.165) is 5.56 Å². The first-order valence-electron chi connectivity index (χ1n) is 5.16. The van der Waals surface area contributed by atoms with Crippen LogP contribution in [0.1, 0.15) is 31.2 Å². The maximum absolute atomic E-state index is 11.1. The highest BCUT2D eigenvalue weighted by molar-refractivity contribution is 5.87. The number of benzene rings is 1. The molecule has 2 heteroatoms. The molecule has 0 bridgehead atoms. The van der Waals surface area contributed by atoms with Crippen molar-refractivity contribution in [2.45, 2.75) is 25.7 Å². The van der Waals surface area contributed by atoms with E-state index >= 15 is 0 Å². The van der Waals surface area contributed by atoms with Crippen LogP contribution in [0.25, 0.3) is 0 Å². The van der Waals surface area contributed by atoms with Gasteiger partial charge in [0.1, 0.15) is 5.78 Å². The van der Waals surface area contributed by atoms with Gasteiger partial charge in [-0.15, -0.1) is 0 Å². The average Bonchev–Trinajstić information content (AvgIpc) is 2.25. The molecule has 1 unspecified atom stereocenters. The van der Waals surface area contributed by atoms with Crippen LogP contribution in [0.15, 0.2) is 30.3 Å². The van der Waals surface area contributed by atoms with Gasteiger partial charge in [-0.3, -0.25) is 4.79 Å². The normalized spacial score (nSPS) is 20.1. The van der Waals surface area contributed by atoms with Gasteiger partial charge in [0, 0.05) is 18.8 Å². The van der Waals surface area contributed by atoms with Gasteiger partial charge in [0.05, 0.1) is 11.5 Å². The van der Waals surface area contributed by atoms with E-state index in [2.05, 4.69) is 6.07 Å². The summed E-state index contributed by atoms with van der Waals surface area (Å²) in [6.07, 6.45) is 0.832. The molecule has 0 saturated heterocycles. The second-order valence-electron chi connectivity index (χ2n) is 4.29. The van der Waals surface area contributed by atoms with Gasteiger partial charge >= 0.3 is 0 Å². The zero-order chi connectivity index (χ0) is 10.9. The molecule has 0 spiro atoms. The van der Waals surface area contributed by atoms with Crippen molar-refractivity contribution < 1.29 is 4.79 Å². The molecule has 0 N–H and O–H groups in total. The van der Waals surface area contributed by atoms with Gasteiger partial charge in [0.2, 0.25) is 0 Å². The Morgan fingerprint density at radius 2 is 1.93 bits per heavy atom. The number of hydrogen-bond acceptors (Lipinski definition) is 2. The average molecular weight is 199 g/mol. The Morgan fingerprint density at radius 1 is 1.33 bits per heavy atom. The van der Waals surface area contributed by atoms with Gasteiger partial charge in [-0.25, -0.2) is 0 Å². The maximum atomic E-state index is 11.1. The van der Waals surface area contributed by atoms with E-state index in [4.69, 9.17) is 0 Å². The fourth-order valence-corrected chi connectivity index (χ4v) is 2.19. The SMILES string of the molecule is CC(c1ccccc1)C1(C#N)CC(=O)C1. The molecule has 0 amide bonds. The summed E-state index contributed by atoms with van der Waals surface area (Å²) < 4.78 is 0. The topological polar surface area (TPSA) is 40.9 Å². The third kappa shape index (κ3) is 1.55. The van der Waals surface area contributed by atoms with Crippen LogP contribution in [0.4, 0.5) is 0 Å². The summed E-state index contributed by atoms with van der Waals surface area (Å²) in [4.78, 5) is 11.1. The number of carbonyl (C=O) groups is 1. The van der Waals surface area contributed by atoms with Crippen molar-refractivity contribution in [2.24, 2.45) is 5.41 Å². The van der Waals surface area contributed by atoms with Crippen LogP contribution >= 0.6 is 0 Å². The molecule has 1 saturated carbocycles. The van der Waals surface area contributed by atoms with Crippen LogP contribution in [-0.4, -0.2) is 5.78 Å². The standard InChI is InChI=1S/C13H13NO/c1-10(11-5-3-2-4-6-11)13(9-14)7-12(15)8-13/h2-6,10H,7-8H2,1H3. The summed E-state index contributed by atoms with van der Waals surface area (Å²) in [5.74, 6) is 0.348. The van der Waals surface area contributed by atoms with Crippen LogP contribution in [0.3, 0.4) is 0 Å². The minimum absolute atomic E-state index is 0.140. The van der Waals surface area contributed by atoms with E-state index < -0.39 is 5.41 Å². The predicted octanol–water partition coefficient (Wildman–Crippen LogP) is 2.66. The van der Waals surface area contributed by atoms with Crippen molar-refractivity contribution in [3.05, 3.63) is 35.9 Å². The first-order valence-corrected chi connectivity index (χ1v) is 5.16. The first-order chi connectivity index (χ1) is 7.18. The van der Waals surface area contributed by atoms with Gasteiger partial charge in [-0.05, 0) is 5.56 Å². The number of carbonyl (C=O) groups excluding carboxylic acids is 1. The summed E-state index contributed by atoms with van der Waals surface area (Å²) in [6.45, 7) is 2.03. The molecule has 1 aromatic carbocycles. The van der Waals surface area contributed by atoms with E-state index in [9.17, 15) is 10.1 Å². The second-order valence-corrected chi connectivity index (χ2v) is 4.29. The molecule has 1 aliphatic rings. The number of Topliss-reactive ketones (excluding diaryl/α,β-unsaturated/α-hetero) is 1. The Balaban J connectivity index is 2.25. The molecule has 1 fully saturated rings. The van der Waals surface area contributed by atoms with Crippen molar-refractivity contribution in [1.29, 1.82) is 5.26 Å². The van der Waals surface area contributed by atoms with Crippen LogP contribution in [0.5, 0.6) is 0 Å². The lowest BCUT2D eigenvalue weighted by molar-refractivity contribution is -0.130. The zero-order valence-corrected chi connectivity index (χ0v) is 8.73. The summed E-state index contributed by atoms with van der Waals surface area (Å²) in [7, 11) is 0. The molecule has 1 atom stereocenters. The van der Waals surface area contributed by atoms with Gasteiger partial charge in [-0.2, -0.15) is 5.26 Å². The molecule has 76 valence electrons. The molecule has 2 rings (SSSR count). The molecule has 1 aliphatic carbocycles. The Labute approximate surface area is 89.5 Å². The third-order valence-electron chi connectivity index (χ3n) is 3.38. The van der Waals surface area contributed by atoms with Gasteiger partial charge in [0.15, 0.2) is 0 Å². The summed E-state index contributed by atoms with van der Waals surface area (Å²) in [5.41, 5.74) is 0.699. The number of ketones is 1. The largest absolute Gasteiger partial charge is 0.300 e. The maximum Gasteiger partial charge on any atom is 0.136 e. The summed E-state index contributed by atoms with van der Waals surface area (Å²) >= 11 is 0. The Bertz CT molecular complexity index is 408. The quantitative estimate of drug-likeness (QED) is 0.734. The molecular weight excluding hydrogens is 186 g/mol. The minimum Gasteiger partial charge on any atom is -0.300 e. The zero-order valence-electron chi connectivity index (χ0n) is 8.73. The molecule has 1 aromatic rings. The number of nitriles is 1. The predicted molar refractivity (Wildman–Crippen MR) is 57.1 cm³/mol. The Kier molecular flexibility index (Phi) is 2.32. The second kappa shape index (κ2) is 3.51. The van der Waals surface area contributed by atoms with Crippen molar-refractivity contribution in [1.82, 2.24) is 0 Å². The number of hydrogen-bond donors (Lipinski definition) is 0. The summed E-state index contributed by atoms with van der Waals surface area (Å²) in [6, 6.07) is 12.3. The Hall–Kier alpha value is -1.62. The molecule has 0 aromatic heterocycles. The highest BCUT2D eigenvalue weighted by Gasteiger charge is 2.48. The fourth-order valence-electron chi connectivity index (χ4n) is 2.19. The van der Waals surface area contributed by atoms with Crippen LogP contribution < -0.4 is 0 Å². The van der Waals surface area contributed by atoms with Gasteiger partial charge in [0.25, 0.3) is 0 Å². The fraction of sp³-hybridized carbons (Fsp3) is 0.385. The van der Waals surface area contributed by atoms with Crippen molar-refractivity contribution in [3.8, 4) is 6.07 Å². The lowest BCUT2D eigenvalue weighted by atomic mass is 9.60. The molecule has 15 heavy (non-hydrogen) atoms. The lowest BCUT2D eigenvalue weighted by Crippen LogP contribution is -2.40. The molecular formula is C13H13NO. The Morgan fingerprint density at radius 3 is 2.40 bits per heavy atom. The van der Waals surface area contributed by atoms with E-state index in [1.54, 1.807) is 0 Å². The number of rotatable bonds is 2. The van der Waals surface area contributed by atoms with E-state index in [1.807, 2.05) is 37.3 Å².